The van der Waals surface area contributed by atoms with Crippen LogP contribution in [0.1, 0.15) is 20.8 Å². The standard InChI is InChI=1S/C7H15NO2S/c1-4-11-7(2,3)5(8)6(9)10/h5H,4,8H2,1-3H3,(H,9,10). The van der Waals surface area contributed by atoms with Crippen molar-refractivity contribution in [1.29, 1.82) is 0 Å². The molecule has 0 aromatic carbocycles. The van der Waals surface area contributed by atoms with Gasteiger partial charge in [-0.2, -0.15) is 11.8 Å². The van der Waals surface area contributed by atoms with Crippen molar-refractivity contribution in [1.82, 2.24) is 0 Å². The highest BCUT2D eigenvalue weighted by molar-refractivity contribution is 8.00. The maximum absolute atomic E-state index is 10.5. The number of aliphatic carboxylic acids is 1. The van der Waals surface area contributed by atoms with Gasteiger partial charge in [-0.25, -0.2) is 0 Å². The summed E-state index contributed by atoms with van der Waals surface area (Å²) in [5.74, 6) is -0.0514. The molecule has 1 unspecified atom stereocenters. The van der Waals surface area contributed by atoms with Crippen molar-refractivity contribution >= 4 is 17.7 Å². The van der Waals surface area contributed by atoms with Gasteiger partial charge in [0.05, 0.1) is 0 Å². The second kappa shape index (κ2) is 3.97. The Morgan fingerprint density at radius 1 is 1.73 bits per heavy atom. The fraction of sp³-hybridized carbons (Fsp3) is 0.857. The molecule has 0 fully saturated rings. The van der Waals surface area contributed by atoms with Crippen LogP contribution < -0.4 is 5.73 Å². The van der Waals surface area contributed by atoms with Crippen LogP contribution in [-0.2, 0) is 4.79 Å². The van der Waals surface area contributed by atoms with Crippen molar-refractivity contribution in [3.05, 3.63) is 0 Å². The van der Waals surface area contributed by atoms with E-state index in [4.69, 9.17) is 10.8 Å². The van der Waals surface area contributed by atoms with Crippen LogP contribution >= 0.6 is 11.8 Å². The summed E-state index contributed by atoms with van der Waals surface area (Å²) in [6.07, 6.45) is 0. The normalized spacial score (nSPS) is 14.5. The van der Waals surface area contributed by atoms with Crippen LogP contribution in [0.15, 0.2) is 0 Å². The topological polar surface area (TPSA) is 63.3 Å². The first-order valence-electron chi connectivity index (χ1n) is 3.54. The minimum absolute atomic E-state index is 0.374. The average Bonchev–Trinajstić information content (AvgIpc) is 1.86. The molecular formula is C7H15NO2S. The minimum atomic E-state index is -0.934. The summed E-state index contributed by atoms with van der Waals surface area (Å²) in [4.78, 5) is 10.5. The molecule has 66 valence electrons. The molecule has 0 aliphatic carbocycles. The maximum Gasteiger partial charge on any atom is 0.321 e. The molecular weight excluding hydrogens is 162 g/mol. The summed E-state index contributed by atoms with van der Waals surface area (Å²) in [5.41, 5.74) is 5.46. The molecule has 1 atom stereocenters. The van der Waals surface area contributed by atoms with E-state index in [2.05, 4.69) is 0 Å². The number of hydrogen-bond acceptors (Lipinski definition) is 3. The van der Waals surface area contributed by atoms with E-state index in [1.54, 1.807) is 11.8 Å². The lowest BCUT2D eigenvalue weighted by atomic mass is 10.1. The summed E-state index contributed by atoms with van der Waals surface area (Å²) in [7, 11) is 0. The molecule has 0 aliphatic heterocycles. The first-order chi connectivity index (χ1) is 4.91. The molecule has 0 rings (SSSR count). The number of carboxylic acid groups (broad SMARTS) is 1. The Hall–Kier alpha value is -0.220. The lowest BCUT2D eigenvalue weighted by Gasteiger charge is -2.27. The van der Waals surface area contributed by atoms with Crippen LogP contribution in [0.25, 0.3) is 0 Å². The van der Waals surface area contributed by atoms with Crippen LogP contribution in [0.3, 0.4) is 0 Å². The second-order valence-corrected chi connectivity index (χ2v) is 4.77. The lowest BCUT2D eigenvalue weighted by molar-refractivity contribution is -0.139. The van der Waals surface area contributed by atoms with E-state index >= 15 is 0 Å². The van der Waals surface area contributed by atoms with Crippen LogP contribution in [0.4, 0.5) is 0 Å². The van der Waals surface area contributed by atoms with Gasteiger partial charge in [-0.1, -0.05) is 6.92 Å². The maximum atomic E-state index is 10.5. The SMILES string of the molecule is CCSC(C)(C)C(N)C(=O)O. The highest BCUT2D eigenvalue weighted by Crippen LogP contribution is 2.26. The number of thioether (sulfide) groups is 1. The molecule has 0 bridgehead atoms. The summed E-state index contributed by atoms with van der Waals surface area (Å²) in [6, 6.07) is -0.785. The van der Waals surface area contributed by atoms with Crippen LogP contribution in [-0.4, -0.2) is 27.6 Å². The summed E-state index contributed by atoms with van der Waals surface area (Å²) >= 11 is 1.56. The smallest absolute Gasteiger partial charge is 0.321 e. The summed E-state index contributed by atoms with van der Waals surface area (Å²) in [5, 5.41) is 8.61. The summed E-state index contributed by atoms with van der Waals surface area (Å²) < 4.78 is -0.374. The molecule has 0 aromatic heterocycles. The number of nitrogens with two attached hydrogens (primary N) is 1. The molecule has 0 aromatic rings. The van der Waals surface area contributed by atoms with Crippen molar-refractivity contribution < 1.29 is 9.90 Å². The van der Waals surface area contributed by atoms with Gasteiger partial charge in [0.1, 0.15) is 6.04 Å². The predicted octanol–water partition coefficient (Wildman–Crippen LogP) is 0.930. The highest BCUT2D eigenvalue weighted by atomic mass is 32.2. The van der Waals surface area contributed by atoms with E-state index in [-0.39, 0.29) is 4.75 Å². The van der Waals surface area contributed by atoms with Gasteiger partial charge in [0.25, 0.3) is 0 Å². The number of hydrogen-bond donors (Lipinski definition) is 2. The Morgan fingerprint density at radius 2 is 2.18 bits per heavy atom. The molecule has 0 heterocycles. The van der Waals surface area contributed by atoms with E-state index in [1.807, 2.05) is 20.8 Å². The highest BCUT2D eigenvalue weighted by Gasteiger charge is 2.31. The van der Waals surface area contributed by atoms with Crippen LogP contribution in [0.5, 0.6) is 0 Å². The van der Waals surface area contributed by atoms with E-state index in [9.17, 15) is 4.79 Å². The lowest BCUT2D eigenvalue weighted by Crippen LogP contribution is -2.46. The van der Waals surface area contributed by atoms with Gasteiger partial charge in [0.2, 0.25) is 0 Å². The summed E-state index contributed by atoms with van der Waals surface area (Å²) in [6.45, 7) is 5.68. The quantitative estimate of drug-likeness (QED) is 0.670. The van der Waals surface area contributed by atoms with Gasteiger partial charge in [-0.05, 0) is 19.6 Å². The van der Waals surface area contributed by atoms with Gasteiger partial charge >= 0.3 is 5.97 Å². The van der Waals surface area contributed by atoms with Crippen molar-refractivity contribution in [3.8, 4) is 0 Å². The number of rotatable bonds is 4. The van der Waals surface area contributed by atoms with Crippen molar-refractivity contribution in [2.45, 2.75) is 31.6 Å². The molecule has 0 aliphatic rings. The van der Waals surface area contributed by atoms with Crippen molar-refractivity contribution in [2.75, 3.05) is 5.75 Å². The molecule has 0 spiro atoms. The third-order valence-corrected chi connectivity index (χ3v) is 2.82. The van der Waals surface area contributed by atoms with Crippen molar-refractivity contribution in [2.24, 2.45) is 5.73 Å². The fourth-order valence-electron chi connectivity index (χ4n) is 0.759. The molecule has 0 saturated heterocycles. The zero-order valence-electron chi connectivity index (χ0n) is 7.13. The minimum Gasteiger partial charge on any atom is -0.480 e. The molecule has 0 saturated carbocycles. The third-order valence-electron chi connectivity index (χ3n) is 1.53. The molecule has 0 amide bonds. The zero-order chi connectivity index (χ0) is 9.07. The molecule has 4 heteroatoms. The predicted molar refractivity (Wildman–Crippen MR) is 47.8 cm³/mol. The van der Waals surface area contributed by atoms with E-state index in [0.717, 1.165) is 5.75 Å². The Balaban J connectivity index is 4.16. The van der Waals surface area contributed by atoms with Crippen LogP contribution in [0.2, 0.25) is 0 Å². The molecule has 3 N–H and O–H groups in total. The largest absolute Gasteiger partial charge is 0.480 e. The second-order valence-electron chi connectivity index (χ2n) is 2.85. The zero-order valence-corrected chi connectivity index (χ0v) is 7.94. The number of carboxylic acids is 1. The van der Waals surface area contributed by atoms with Gasteiger partial charge in [-0.15, -0.1) is 0 Å². The van der Waals surface area contributed by atoms with E-state index < -0.39 is 12.0 Å². The van der Waals surface area contributed by atoms with Crippen molar-refractivity contribution in [3.63, 3.8) is 0 Å². The molecule has 0 radical (unpaired) electrons. The third kappa shape index (κ3) is 3.12. The Kier molecular flexibility index (Phi) is 3.89. The monoisotopic (exact) mass is 177 g/mol. The van der Waals surface area contributed by atoms with Gasteiger partial charge < -0.3 is 10.8 Å². The van der Waals surface area contributed by atoms with Crippen LogP contribution in [0, 0.1) is 0 Å². The van der Waals surface area contributed by atoms with Gasteiger partial charge in [-0.3, -0.25) is 4.79 Å². The Bertz CT molecular complexity index is 147. The fourth-order valence-corrected chi connectivity index (χ4v) is 1.78. The first kappa shape index (κ1) is 10.8. The Labute approximate surface area is 71.3 Å². The van der Waals surface area contributed by atoms with Gasteiger partial charge in [0, 0.05) is 4.75 Å². The molecule has 3 nitrogen and oxygen atoms in total. The average molecular weight is 177 g/mol. The van der Waals surface area contributed by atoms with Gasteiger partial charge in [0.15, 0.2) is 0 Å². The Morgan fingerprint density at radius 3 is 2.45 bits per heavy atom. The van der Waals surface area contributed by atoms with E-state index in [1.165, 1.54) is 0 Å². The first-order valence-corrected chi connectivity index (χ1v) is 4.52. The van der Waals surface area contributed by atoms with E-state index in [0.29, 0.717) is 0 Å². The number of carbonyl (C=O) groups is 1. The molecule has 11 heavy (non-hydrogen) atoms.